The maximum absolute atomic E-state index is 9.86. The zero-order valence-corrected chi connectivity index (χ0v) is 17.0. The van der Waals surface area contributed by atoms with Gasteiger partial charge in [-0.1, -0.05) is 42.5 Å². The molecular weight excluding hydrogens is 386 g/mol. The van der Waals surface area contributed by atoms with Crippen LogP contribution in [0, 0.1) is 0 Å². The van der Waals surface area contributed by atoms with Gasteiger partial charge in [-0.3, -0.25) is 0 Å². The Bertz CT molecular complexity index is 947. The molecule has 0 bridgehead atoms. The van der Waals surface area contributed by atoms with Gasteiger partial charge in [0.1, 0.15) is 5.82 Å². The van der Waals surface area contributed by atoms with Gasteiger partial charge in [0.15, 0.2) is 5.82 Å². The van der Waals surface area contributed by atoms with Crippen LogP contribution in [-0.2, 0) is 9.22 Å². The highest BCUT2D eigenvalue weighted by molar-refractivity contribution is 7.94. The number of anilines is 1. The molecule has 1 aromatic heterocycles. The molecule has 2 heterocycles. The quantitative estimate of drug-likeness (QED) is 0.369. The average Bonchev–Trinajstić information content (AvgIpc) is 2.78. The first-order valence-electron chi connectivity index (χ1n) is 9.58. The van der Waals surface area contributed by atoms with Crippen molar-refractivity contribution in [1.82, 2.24) is 9.97 Å². The number of aromatic nitrogens is 2. The van der Waals surface area contributed by atoms with Gasteiger partial charge in [-0.25, -0.2) is 14.9 Å². The molecule has 1 aliphatic heterocycles. The summed E-state index contributed by atoms with van der Waals surface area (Å²) in [6.07, 6.45) is 1.27. The predicted octanol–water partition coefficient (Wildman–Crippen LogP) is 4.36. The van der Waals surface area contributed by atoms with Gasteiger partial charge in [0.25, 0.3) is 0 Å². The SMILES string of the molecule is COOSc1cccc(-c2nc(-c3ccccc3)cc(N3CCC(O)CC3)n2)c1. The second-order valence-electron chi connectivity index (χ2n) is 6.87. The number of hydrogen-bond acceptors (Lipinski definition) is 7. The Labute approximate surface area is 174 Å². The Balaban J connectivity index is 1.74. The molecule has 4 rings (SSSR count). The summed E-state index contributed by atoms with van der Waals surface area (Å²) >= 11 is 1.15. The first kappa shape index (κ1) is 19.8. The lowest BCUT2D eigenvalue weighted by Crippen LogP contribution is -2.36. The Hall–Kier alpha value is -2.45. The molecular formula is C22H23N3O3S. The van der Waals surface area contributed by atoms with Crippen LogP contribution in [0.3, 0.4) is 0 Å². The van der Waals surface area contributed by atoms with E-state index in [1.165, 1.54) is 7.11 Å². The van der Waals surface area contributed by atoms with Crippen molar-refractivity contribution in [2.45, 2.75) is 23.8 Å². The van der Waals surface area contributed by atoms with Gasteiger partial charge in [-0.15, -0.1) is 0 Å². The summed E-state index contributed by atoms with van der Waals surface area (Å²) in [5, 5.41) is 9.86. The first-order chi connectivity index (χ1) is 14.2. The standard InChI is InChI=1S/C22H23N3O3S/c1-27-28-29-19-9-5-8-17(14-19)22-23-20(16-6-3-2-4-7-16)15-21(24-22)25-12-10-18(26)11-13-25/h2-9,14-15,18,26H,10-13H2,1H3. The van der Waals surface area contributed by atoms with E-state index < -0.39 is 0 Å². The van der Waals surface area contributed by atoms with Crippen LogP contribution in [0.2, 0.25) is 0 Å². The maximum Gasteiger partial charge on any atom is 0.162 e. The van der Waals surface area contributed by atoms with E-state index >= 15 is 0 Å². The fourth-order valence-electron chi connectivity index (χ4n) is 3.34. The average molecular weight is 410 g/mol. The molecule has 7 heteroatoms. The highest BCUT2D eigenvalue weighted by Crippen LogP contribution is 2.29. The molecule has 0 unspecified atom stereocenters. The third-order valence-corrected chi connectivity index (χ3v) is 5.51. The van der Waals surface area contributed by atoms with E-state index in [4.69, 9.17) is 14.3 Å². The highest BCUT2D eigenvalue weighted by Gasteiger charge is 2.20. The van der Waals surface area contributed by atoms with E-state index in [0.717, 1.165) is 65.5 Å². The summed E-state index contributed by atoms with van der Waals surface area (Å²) in [5.74, 6) is 1.54. The van der Waals surface area contributed by atoms with E-state index in [-0.39, 0.29) is 6.10 Å². The summed E-state index contributed by atoms with van der Waals surface area (Å²) in [7, 11) is 1.48. The molecule has 0 radical (unpaired) electrons. The monoisotopic (exact) mass is 409 g/mol. The number of rotatable bonds is 6. The molecule has 0 amide bonds. The largest absolute Gasteiger partial charge is 0.393 e. The number of benzene rings is 2. The minimum atomic E-state index is -0.226. The van der Waals surface area contributed by atoms with Gasteiger partial charge >= 0.3 is 0 Å². The van der Waals surface area contributed by atoms with Crippen molar-refractivity contribution >= 4 is 17.9 Å². The Morgan fingerprint density at radius 3 is 2.48 bits per heavy atom. The first-order valence-corrected chi connectivity index (χ1v) is 10.3. The van der Waals surface area contributed by atoms with Gasteiger partial charge < -0.3 is 10.0 Å². The topological polar surface area (TPSA) is 67.7 Å². The minimum Gasteiger partial charge on any atom is -0.393 e. The zero-order valence-electron chi connectivity index (χ0n) is 16.2. The molecule has 1 aliphatic rings. The molecule has 0 spiro atoms. The second kappa shape index (κ2) is 9.37. The molecule has 3 aromatic rings. The molecule has 2 aromatic carbocycles. The lowest BCUT2D eigenvalue weighted by Gasteiger charge is -2.31. The normalized spacial score (nSPS) is 14.9. The summed E-state index contributed by atoms with van der Waals surface area (Å²) in [4.78, 5) is 17.5. The summed E-state index contributed by atoms with van der Waals surface area (Å²) in [5.41, 5.74) is 2.83. The van der Waals surface area contributed by atoms with E-state index in [0.29, 0.717) is 5.82 Å². The van der Waals surface area contributed by atoms with Crippen molar-refractivity contribution in [2.75, 3.05) is 25.1 Å². The number of aliphatic hydroxyl groups excluding tert-OH is 1. The van der Waals surface area contributed by atoms with E-state index in [9.17, 15) is 5.11 Å². The third kappa shape index (κ3) is 4.94. The van der Waals surface area contributed by atoms with Crippen molar-refractivity contribution in [3.8, 4) is 22.6 Å². The fourth-order valence-corrected chi connectivity index (χ4v) is 3.79. The van der Waals surface area contributed by atoms with E-state index in [1.54, 1.807) is 0 Å². The van der Waals surface area contributed by atoms with Crippen LogP contribution in [0.25, 0.3) is 22.6 Å². The predicted molar refractivity (Wildman–Crippen MR) is 114 cm³/mol. The number of nitrogens with zero attached hydrogens (tertiary/aromatic N) is 3. The van der Waals surface area contributed by atoms with Crippen LogP contribution in [0.4, 0.5) is 5.82 Å². The Morgan fingerprint density at radius 2 is 1.72 bits per heavy atom. The third-order valence-electron chi connectivity index (χ3n) is 4.86. The van der Waals surface area contributed by atoms with E-state index in [1.807, 2.05) is 48.5 Å². The van der Waals surface area contributed by atoms with Crippen LogP contribution in [0.15, 0.2) is 65.6 Å². The molecule has 0 saturated carbocycles. The number of hydrogen-bond donors (Lipinski definition) is 1. The Morgan fingerprint density at radius 1 is 0.966 bits per heavy atom. The Kier molecular flexibility index (Phi) is 6.41. The van der Waals surface area contributed by atoms with Crippen molar-refractivity contribution < 1.29 is 14.3 Å². The summed E-state index contributed by atoms with van der Waals surface area (Å²) in [6, 6.07) is 20.0. The lowest BCUT2D eigenvalue weighted by atomic mass is 10.1. The molecule has 1 fully saturated rings. The summed E-state index contributed by atoms with van der Waals surface area (Å²) < 4.78 is 4.98. The molecule has 6 nitrogen and oxygen atoms in total. The van der Waals surface area contributed by atoms with Crippen LogP contribution < -0.4 is 4.90 Å². The maximum atomic E-state index is 9.86. The van der Waals surface area contributed by atoms with Gasteiger partial charge in [0.2, 0.25) is 0 Å². The van der Waals surface area contributed by atoms with Gasteiger partial charge in [-0.2, -0.15) is 4.33 Å². The van der Waals surface area contributed by atoms with Crippen LogP contribution in [0.1, 0.15) is 12.8 Å². The van der Waals surface area contributed by atoms with Crippen LogP contribution in [0.5, 0.6) is 0 Å². The van der Waals surface area contributed by atoms with Crippen LogP contribution >= 0.6 is 12.0 Å². The van der Waals surface area contributed by atoms with Gasteiger partial charge in [0.05, 0.1) is 31.0 Å². The molecule has 0 atom stereocenters. The number of piperidine rings is 1. The van der Waals surface area contributed by atoms with Crippen molar-refractivity contribution in [3.63, 3.8) is 0 Å². The van der Waals surface area contributed by atoms with Gasteiger partial charge in [0, 0.05) is 35.2 Å². The van der Waals surface area contributed by atoms with Crippen molar-refractivity contribution in [1.29, 1.82) is 0 Å². The smallest absolute Gasteiger partial charge is 0.162 e. The molecule has 1 saturated heterocycles. The van der Waals surface area contributed by atoms with Gasteiger partial charge in [-0.05, 0) is 25.0 Å². The second-order valence-corrected chi connectivity index (χ2v) is 7.64. The zero-order chi connectivity index (χ0) is 20.1. The number of aliphatic hydroxyl groups is 1. The van der Waals surface area contributed by atoms with Crippen molar-refractivity contribution in [3.05, 3.63) is 60.7 Å². The molecule has 29 heavy (non-hydrogen) atoms. The van der Waals surface area contributed by atoms with Crippen molar-refractivity contribution in [2.24, 2.45) is 0 Å². The summed E-state index contributed by atoms with van der Waals surface area (Å²) in [6.45, 7) is 1.56. The lowest BCUT2D eigenvalue weighted by molar-refractivity contribution is -0.160. The van der Waals surface area contributed by atoms with E-state index in [2.05, 4.69) is 21.9 Å². The highest BCUT2D eigenvalue weighted by atomic mass is 32.2. The fraction of sp³-hybridized carbons (Fsp3) is 0.273. The molecule has 1 N–H and O–H groups in total. The molecule has 150 valence electrons. The van der Waals surface area contributed by atoms with Crippen LogP contribution in [-0.4, -0.2) is 41.4 Å². The minimum absolute atomic E-state index is 0.226. The molecule has 0 aliphatic carbocycles.